The maximum atomic E-state index is 13.7. The van der Waals surface area contributed by atoms with E-state index in [0.717, 1.165) is 16.7 Å². The maximum absolute atomic E-state index is 13.7. The van der Waals surface area contributed by atoms with Gasteiger partial charge in [0, 0.05) is 31.4 Å². The third-order valence-electron chi connectivity index (χ3n) is 14.6. The van der Waals surface area contributed by atoms with Gasteiger partial charge in [-0.05, 0) is 116 Å². The first-order valence-corrected chi connectivity index (χ1v) is 30.1. The number of rotatable bonds is 22. The molecule has 10 nitrogen and oxygen atoms in total. The number of benzene rings is 2. The Morgan fingerprint density at radius 1 is 0.789 bits per heavy atom. The molecule has 2 saturated heterocycles. The Morgan fingerprint density at radius 2 is 1.33 bits per heavy atom. The van der Waals surface area contributed by atoms with Crippen LogP contribution in [0.25, 0.3) is 0 Å². The molecule has 76 heavy (non-hydrogen) atoms. The lowest BCUT2D eigenvalue weighted by Crippen LogP contribution is -2.67. The van der Waals surface area contributed by atoms with Crippen molar-refractivity contribution in [3.63, 3.8) is 0 Å². The monoisotopic (exact) mass is 1170 g/mol. The van der Waals surface area contributed by atoms with E-state index in [0.29, 0.717) is 12.8 Å². The molecule has 0 aromatic heterocycles. The average Bonchev–Trinajstić information content (AvgIpc) is 3.71. The van der Waals surface area contributed by atoms with Gasteiger partial charge in [0.2, 0.25) is 0 Å². The van der Waals surface area contributed by atoms with Crippen LogP contribution in [-0.4, -0.2) is 92.5 Å². The Balaban J connectivity index is 1.49. The molecule has 0 radical (unpaired) electrons. The van der Waals surface area contributed by atoms with Gasteiger partial charge < -0.3 is 32.7 Å². The van der Waals surface area contributed by atoms with Gasteiger partial charge >= 0.3 is 19.2 Å². The maximum Gasteiger partial charge on any atom is 0.487 e. The third-order valence-corrected chi connectivity index (χ3v) is 20.1. The lowest BCUT2D eigenvalue weighted by molar-refractivity contribution is -0.153. The minimum Gasteiger partial charge on any atom is -0.458 e. The van der Waals surface area contributed by atoms with E-state index in [4.69, 9.17) is 32.7 Å². The van der Waals surface area contributed by atoms with E-state index in [2.05, 4.69) is 133 Å². The van der Waals surface area contributed by atoms with Crippen LogP contribution < -0.4 is 10.4 Å². The molecule has 2 aliphatic rings. The van der Waals surface area contributed by atoms with E-state index in [1.807, 2.05) is 139 Å². The first-order valence-electron chi connectivity index (χ1n) is 27.0. The Hall–Kier alpha value is -4.09. The number of nitrogens with zero attached hydrogens (tertiary/aromatic N) is 1. The third kappa shape index (κ3) is 17.7. The van der Waals surface area contributed by atoms with Gasteiger partial charge in [0.05, 0.1) is 35.6 Å². The first kappa shape index (κ1) is 64.4. The molecule has 0 aliphatic carbocycles. The van der Waals surface area contributed by atoms with Gasteiger partial charge in [0.25, 0.3) is 8.32 Å². The Bertz CT molecular complexity index is 2410. The predicted octanol–water partition coefficient (Wildman–Crippen LogP) is 14.3. The molecule has 0 N–H and O–H groups in total. The highest BCUT2D eigenvalue weighted by Gasteiger charge is 2.54. The number of halogens is 1. The molecule has 416 valence electrons. The highest BCUT2D eigenvalue weighted by molar-refractivity contribution is 14.1. The summed E-state index contributed by atoms with van der Waals surface area (Å²) in [5.74, 6) is 0.883. The highest BCUT2D eigenvalue weighted by Crippen LogP contribution is 2.41. The number of methoxy groups -OCH3 is 1. The van der Waals surface area contributed by atoms with Gasteiger partial charge in [-0.3, -0.25) is 4.90 Å². The van der Waals surface area contributed by atoms with Crippen LogP contribution >= 0.6 is 22.6 Å². The SMILES string of the molecule is CO[C@@H](C\C=C(C)/C=C/C(C)=C\C=C\C(=O)OC(C(C)/C=C/C(C)=C/C=C/B1OC(C)(C)C(C)(C)O1)[C@@H](C)[C@@H]1OC(C)(C)N(C(=O)OC(C)(C)C)[C@@H]1C)C[C@@H](/C=C/I)O[Si](c1ccccc1)(c1ccccc1)C(C)(C)C. The van der Waals surface area contributed by atoms with Crippen molar-refractivity contribution in [1.29, 1.82) is 0 Å². The lowest BCUT2D eigenvalue weighted by Gasteiger charge is -2.45. The summed E-state index contributed by atoms with van der Waals surface area (Å²) in [6.45, 7) is 36.4. The van der Waals surface area contributed by atoms with Crippen molar-refractivity contribution < 1.29 is 42.3 Å². The molecular weight excluding hydrogens is 1080 g/mol. The van der Waals surface area contributed by atoms with Crippen molar-refractivity contribution in [2.45, 2.75) is 195 Å². The fraction of sp³-hybridized carbons (Fsp3) is 0.524. The van der Waals surface area contributed by atoms with Crippen LogP contribution in [0.1, 0.15) is 137 Å². The molecule has 2 aliphatic heterocycles. The molecule has 2 aromatic rings. The Morgan fingerprint density at radius 3 is 1.86 bits per heavy atom. The molecule has 1 amide bonds. The summed E-state index contributed by atoms with van der Waals surface area (Å²) in [4.78, 5) is 28.9. The summed E-state index contributed by atoms with van der Waals surface area (Å²) in [7, 11) is -1.46. The lowest BCUT2D eigenvalue weighted by atomic mass is 9.86. The summed E-state index contributed by atoms with van der Waals surface area (Å²) in [5.41, 5.74) is 0.564. The van der Waals surface area contributed by atoms with Gasteiger partial charge in [0.15, 0.2) is 0 Å². The average molecular weight is 1170 g/mol. The topological polar surface area (TPSA) is 102 Å². The minimum absolute atomic E-state index is 0.0793. The van der Waals surface area contributed by atoms with Crippen LogP contribution in [0.2, 0.25) is 5.04 Å². The molecule has 0 bridgehead atoms. The molecule has 7 atom stereocenters. The van der Waals surface area contributed by atoms with Crippen molar-refractivity contribution in [3.8, 4) is 0 Å². The van der Waals surface area contributed by atoms with E-state index < -0.39 is 62.2 Å². The number of amides is 1. The van der Waals surface area contributed by atoms with Crippen LogP contribution in [-0.2, 0) is 37.5 Å². The molecule has 4 rings (SSSR count). The van der Waals surface area contributed by atoms with E-state index >= 15 is 0 Å². The van der Waals surface area contributed by atoms with Crippen molar-refractivity contribution in [3.05, 3.63) is 154 Å². The number of hydrogen-bond donors (Lipinski definition) is 0. The van der Waals surface area contributed by atoms with E-state index in [9.17, 15) is 9.59 Å². The van der Waals surface area contributed by atoms with Crippen LogP contribution in [0.4, 0.5) is 4.79 Å². The summed E-state index contributed by atoms with van der Waals surface area (Å²) in [6.07, 6.45) is 21.2. The van der Waals surface area contributed by atoms with Gasteiger partial charge in [-0.25, -0.2) is 9.59 Å². The number of carbonyl (C=O) groups is 2. The Kier molecular flexibility index (Phi) is 23.5. The second kappa shape index (κ2) is 27.7. The zero-order valence-corrected chi connectivity index (χ0v) is 52.5. The smallest absolute Gasteiger partial charge is 0.458 e. The molecule has 13 heteroatoms. The second-order valence-electron chi connectivity index (χ2n) is 24.0. The van der Waals surface area contributed by atoms with E-state index in [1.54, 1.807) is 18.1 Å². The molecule has 2 aromatic carbocycles. The van der Waals surface area contributed by atoms with Gasteiger partial charge in [-0.2, -0.15) is 0 Å². The summed E-state index contributed by atoms with van der Waals surface area (Å²) < 4.78 is 46.7. The van der Waals surface area contributed by atoms with Crippen molar-refractivity contribution in [1.82, 2.24) is 4.90 Å². The van der Waals surface area contributed by atoms with Gasteiger partial charge in [-0.15, -0.1) is 0 Å². The summed E-state index contributed by atoms with van der Waals surface area (Å²) in [5, 5.41) is 2.33. The number of ether oxygens (including phenoxy) is 4. The Labute approximate surface area is 473 Å². The summed E-state index contributed by atoms with van der Waals surface area (Å²) >= 11 is 2.29. The van der Waals surface area contributed by atoms with Crippen molar-refractivity contribution in [2.75, 3.05) is 7.11 Å². The van der Waals surface area contributed by atoms with E-state index in [-0.39, 0.29) is 35.1 Å². The first-order chi connectivity index (χ1) is 35.4. The number of hydrogen-bond acceptors (Lipinski definition) is 9. The predicted molar refractivity (Wildman–Crippen MR) is 324 cm³/mol. The fourth-order valence-corrected chi connectivity index (χ4v) is 15.0. The standard InChI is InChI=1S/C63H91BINO9Si/c1-45(35-36-47(3)38-40-51(69-19)44-52(41-43-65)73-76(60(10,11)12,53-30-22-20-23-31-53)54-32-24-21-25-33-54)28-26-34-55(67)70-56(49(5)57-50(6)66(63(17,18)71-57)58(68)72-59(7,8)9)48(4)39-37-46(2)29-27-42-64-74-61(13,14)62(15,16)75-64/h20-39,41-43,48-52,56-57H,40,44H2,1-19H3/b34-26+,36-35+,39-37+,42-27+,43-41+,45-28-,46-29+,47-38-/t48?,49-,50-,51+,52-,56?,57+/m1/s1. The van der Waals surface area contributed by atoms with Gasteiger partial charge in [-0.1, -0.05) is 201 Å². The van der Waals surface area contributed by atoms with Crippen LogP contribution in [0.15, 0.2) is 154 Å². The second-order valence-corrected chi connectivity index (χ2v) is 29.0. The summed E-state index contributed by atoms with van der Waals surface area (Å²) in [6, 6.07) is 21.1. The number of allylic oxidation sites excluding steroid dienone is 10. The molecule has 0 spiro atoms. The zero-order valence-electron chi connectivity index (χ0n) is 49.3. The van der Waals surface area contributed by atoms with E-state index in [1.165, 1.54) is 16.4 Å². The normalized spacial score (nSPS) is 21.8. The molecule has 2 unspecified atom stereocenters. The molecule has 2 fully saturated rings. The van der Waals surface area contributed by atoms with Crippen LogP contribution in [0, 0.1) is 11.8 Å². The molecule has 2 heterocycles. The molecule has 0 saturated carbocycles. The number of esters is 1. The van der Waals surface area contributed by atoms with Crippen LogP contribution in [0.5, 0.6) is 0 Å². The fourth-order valence-electron chi connectivity index (χ4n) is 9.85. The number of carbonyl (C=O) groups excluding carboxylic acids is 2. The highest BCUT2D eigenvalue weighted by atomic mass is 127. The van der Waals surface area contributed by atoms with Gasteiger partial charge in [0.1, 0.15) is 17.4 Å². The largest absolute Gasteiger partial charge is 0.487 e. The zero-order chi connectivity index (χ0) is 56.9. The van der Waals surface area contributed by atoms with Crippen molar-refractivity contribution in [2.24, 2.45) is 11.8 Å². The molecular formula is C63H91BINO9Si. The minimum atomic E-state index is -2.79. The quantitative estimate of drug-likeness (QED) is 0.0375. The van der Waals surface area contributed by atoms with Crippen molar-refractivity contribution >= 4 is 60.5 Å². The van der Waals surface area contributed by atoms with Crippen LogP contribution in [0.3, 0.4) is 0 Å².